The third-order valence-corrected chi connectivity index (χ3v) is 1.23. The van der Waals surface area contributed by atoms with Crippen molar-refractivity contribution in [2.24, 2.45) is 5.73 Å². The van der Waals surface area contributed by atoms with E-state index in [2.05, 4.69) is 10.8 Å². The van der Waals surface area contributed by atoms with Gasteiger partial charge in [-0.1, -0.05) is 5.92 Å². The zero-order valence-electron chi connectivity index (χ0n) is 6.70. The van der Waals surface area contributed by atoms with Gasteiger partial charge < -0.3 is 5.73 Å². The second-order valence-electron chi connectivity index (χ2n) is 2.05. The summed E-state index contributed by atoms with van der Waals surface area (Å²) < 4.78 is 0. The molecule has 0 aliphatic rings. The highest BCUT2D eigenvalue weighted by molar-refractivity contribution is 5.75. The number of hydroxylamine groups is 2. The largest absolute Gasteiger partial charge is 0.317 e. The molecule has 0 radical (unpaired) electrons. The van der Waals surface area contributed by atoms with Crippen LogP contribution in [0.1, 0.15) is 6.42 Å². The van der Waals surface area contributed by atoms with Gasteiger partial charge in [-0.15, -0.1) is 6.42 Å². The molecule has 0 fully saturated rings. The minimum absolute atomic E-state index is 0.112. The summed E-state index contributed by atoms with van der Waals surface area (Å²) in [6, 6.07) is -0.528. The Balaban J connectivity index is 3.80. The molecule has 0 aromatic carbocycles. The van der Waals surface area contributed by atoms with E-state index in [4.69, 9.17) is 12.2 Å². The van der Waals surface area contributed by atoms with Crippen LogP contribution >= 0.6 is 0 Å². The van der Waals surface area contributed by atoms with Gasteiger partial charge in [-0.2, -0.15) is 0 Å². The van der Waals surface area contributed by atoms with Crippen molar-refractivity contribution in [2.75, 3.05) is 14.2 Å². The number of hydrogen-bond acceptors (Lipinski definition) is 3. The topological polar surface area (TPSA) is 55.6 Å². The van der Waals surface area contributed by atoms with Crippen LogP contribution < -0.4 is 5.73 Å². The quantitative estimate of drug-likeness (QED) is 0.436. The molecule has 2 N–H and O–H groups in total. The summed E-state index contributed by atoms with van der Waals surface area (Å²) in [5.74, 6) is 2.03. The molecule has 1 amide bonds. The molecule has 4 heteroatoms. The van der Waals surface area contributed by atoms with Crippen molar-refractivity contribution in [3.05, 3.63) is 0 Å². The first kappa shape index (κ1) is 9.95. The molecule has 0 saturated heterocycles. The number of nitrogens with two attached hydrogens (primary N) is 1. The minimum atomic E-state index is -0.528. The van der Waals surface area contributed by atoms with Gasteiger partial charge in [-0.3, -0.25) is 9.63 Å². The molecule has 0 heterocycles. The van der Waals surface area contributed by atoms with Gasteiger partial charge in [0.25, 0.3) is 0 Å². The Labute approximate surface area is 66.3 Å². The minimum Gasteiger partial charge on any atom is -0.317 e. The number of nitrogens with zero attached hydrogens (tertiary/aromatic N) is 1. The summed E-state index contributed by atoms with van der Waals surface area (Å²) in [6.07, 6.45) is 5.09. The van der Waals surface area contributed by atoms with Crippen molar-refractivity contribution in [1.29, 1.82) is 0 Å². The molecule has 0 aromatic rings. The molecule has 1 unspecified atom stereocenters. The Kier molecular flexibility index (Phi) is 4.27. The maximum Gasteiger partial charge on any atom is 0.248 e. The molecule has 62 valence electrons. The fourth-order valence-electron chi connectivity index (χ4n) is 0.477. The van der Waals surface area contributed by atoms with E-state index in [1.165, 1.54) is 14.2 Å². The molecule has 0 aliphatic carbocycles. The van der Waals surface area contributed by atoms with E-state index < -0.39 is 6.04 Å². The molecule has 4 nitrogen and oxygen atoms in total. The second kappa shape index (κ2) is 4.72. The third kappa shape index (κ3) is 3.61. The Morgan fingerprint density at radius 3 is 2.82 bits per heavy atom. The average molecular weight is 156 g/mol. The molecular weight excluding hydrogens is 144 g/mol. The summed E-state index contributed by atoms with van der Waals surface area (Å²) in [4.78, 5) is 15.6. The standard InChI is InChI=1S/C7H12N2O2/c1-4-6(8)5-7(10)9(2)11-3/h1,6H,5,8H2,2-3H3. The number of carbonyl (C=O) groups is 1. The molecule has 0 aliphatic heterocycles. The van der Waals surface area contributed by atoms with Gasteiger partial charge in [-0.05, 0) is 0 Å². The lowest BCUT2D eigenvalue weighted by atomic mass is 10.2. The highest BCUT2D eigenvalue weighted by Gasteiger charge is 2.10. The molecule has 0 spiro atoms. The van der Waals surface area contributed by atoms with Crippen LogP contribution in [0.5, 0.6) is 0 Å². The van der Waals surface area contributed by atoms with Crippen molar-refractivity contribution in [3.63, 3.8) is 0 Å². The van der Waals surface area contributed by atoms with E-state index in [1.54, 1.807) is 0 Å². The molecule has 1 atom stereocenters. The van der Waals surface area contributed by atoms with Crippen LogP contribution in [0.15, 0.2) is 0 Å². The Morgan fingerprint density at radius 1 is 1.91 bits per heavy atom. The van der Waals surface area contributed by atoms with Crippen LogP contribution in [0, 0.1) is 12.3 Å². The predicted octanol–water partition coefficient (Wildman–Crippen LogP) is -0.643. The lowest BCUT2D eigenvalue weighted by molar-refractivity contribution is -0.168. The highest BCUT2D eigenvalue weighted by Crippen LogP contribution is 1.92. The smallest absolute Gasteiger partial charge is 0.248 e. The highest BCUT2D eigenvalue weighted by atomic mass is 16.7. The Bertz CT molecular complexity index is 174. The van der Waals surface area contributed by atoms with Gasteiger partial charge in [0, 0.05) is 7.05 Å². The number of amides is 1. The van der Waals surface area contributed by atoms with Gasteiger partial charge in [0.15, 0.2) is 0 Å². The van der Waals surface area contributed by atoms with Crippen LogP contribution in [0.25, 0.3) is 0 Å². The fourth-order valence-corrected chi connectivity index (χ4v) is 0.477. The van der Waals surface area contributed by atoms with E-state index in [9.17, 15) is 4.79 Å². The van der Waals surface area contributed by atoms with Crippen molar-refractivity contribution < 1.29 is 9.63 Å². The van der Waals surface area contributed by atoms with E-state index in [1.807, 2.05) is 0 Å². The van der Waals surface area contributed by atoms with Crippen LogP contribution in [0.2, 0.25) is 0 Å². The lowest BCUT2D eigenvalue weighted by Gasteiger charge is -2.14. The summed E-state index contributed by atoms with van der Waals surface area (Å²) >= 11 is 0. The fraction of sp³-hybridized carbons (Fsp3) is 0.571. The number of rotatable bonds is 3. The zero-order valence-corrected chi connectivity index (χ0v) is 6.70. The molecule has 0 saturated carbocycles. The van der Waals surface area contributed by atoms with Crippen LogP contribution in [0.3, 0.4) is 0 Å². The molecule has 11 heavy (non-hydrogen) atoms. The van der Waals surface area contributed by atoms with Crippen molar-refractivity contribution in [2.45, 2.75) is 12.5 Å². The lowest BCUT2D eigenvalue weighted by Crippen LogP contribution is -2.31. The summed E-state index contributed by atoms with van der Waals surface area (Å²) in [6.45, 7) is 0. The first-order valence-electron chi connectivity index (χ1n) is 3.14. The number of carbonyl (C=O) groups excluding carboxylic acids is 1. The maximum absolute atomic E-state index is 11.0. The van der Waals surface area contributed by atoms with E-state index in [0.717, 1.165) is 5.06 Å². The summed E-state index contributed by atoms with van der Waals surface area (Å²) in [7, 11) is 2.91. The second-order valence-corrected chi connectivity index (χ2v) is 2.05. The molecule has 0 bridgehead atoms. The van der Waals surface area contributed by atoms with Gasteiger partial charge in [-0.25, -0.2) is 5.06 Å². The van der Waals surface area contributed by atoms with E-state index in [-0.39, 0.29) is 12.3 Å². The van der Waals surface area contributed by atoms with Gasteiger partial charge in [0.1, 0.15) is 0 Å². The monoisotopic (exact) mass is 156 g/mol. The summed E-state index contributed by atoms with van der Waals surface area (Å²) in [5, 5.41) is 1.09. The van der Waals surface area contributed by atoms with Gasteiger partial charge in [0.05, 0.1) is 19.6 Å². The van der Waals surface area contributed by atoms with Crippen LogP contribution in [0.4, 0.5) is 0 Å². The molecular formula is C7H12N2O2. The normalized spacial score (nSPS) is 11.8. The Hall–Kier alpha value is -1.05. The Morgan fingerprint density at radius 2 is 2.45 bits per heavy atom. The number of terminal acetylenes is 1. The van der Waals surface area contributed by atoms with Crippen molar-refractivity contribution >= 4 is 5.91 Å². The van der Waals surface area contributed by atoms with Crippen molar-refractivity contribution in [3.8, 4) is 12.3 Å². The van der Waals surface area contributed by atoms with Crippen LogP contribution in [-0.4, -0.2) is 31.2 Å². The van der Waals surface area contributed by atoms with E-state index >= 15 is 0 Å². The SMILES string of the molecule is C#CC(N)CC(=O)N(C)OC. The third-order valence-electron chi connectivity index (χ3n) is 1.23. The average Bonchev–Trinajstić information content (AvgIpc) is 2.02. The predicted molar refractivity (Wildman–Crippen MR) is 41.2 cm³/mol. The zero-order chi connectivity index (χ0) is 8.85. The van der Waals surface area contributed by atoms with Gasteiger partial charge >= 0.3 is 0 Å². The van der Waals surface area contributed by atoms with Crippen LogP contribution in [-0.2, 0) is 9.63 Å². The van der Waals surface area contributed by atoms with Crippen molar-refractivity contribution in [1.82, 2.24) is 5.06 Å². The summed E-state index contributed by atoms with van der Waals surface area (Å²) in [5.41, 5.74) is 5.33. The molecule has 0 rings (SSSR count). The number of hydrogen-bond donors (Lipinski definition) is 1. The first-order chi connectivity index (χ1) is 5.11. The van der Waals surface area contributed by atoms with E-state index in [0.29, 0.717) is 0 Å². The van der Waals surface area contributed by atoms with Gasteiger partial charge in [0.2, 0.25) is 5.91 Å². The first-order valence-corrected chi connectivity index (χ1v) is 3.14. The maximum atomic E-state index is 11.0. The molecule has 0 aromatic heterocycles.